The van der Waals surface area contributed by atoms with Gasteiger partial charge in [-0.1, -0.05) is 11.3 Å². The highest BCUT2D eigenvalue weighted by molar-refractivity contribution is 7.22. The van der Waals surface area contributed by atoms with Crippen LogP contribution in [0.3, 0.4) is 0 Å². The number of fused-ring (bicyclic) bond motifs is 2. The summed E-state index contributed by atoms with van der Waals surface area (Å²) in [5.74, 6) is -1.12. The second-order valence-corrected chi connectivity index (χ2v) is 12.3. The first-order valence-corrected chi connectivity index (χ1v) is 15.1. The van der Waals surface area contributed by atoms with E-state index in [2.05, 4.69) is 20.3 Å². The number of hydrogen-bond donors (Lipinski definition) is 3. The van der Waals surface area contributed by atoms with E-state index in [4.69, 9.17) is 20.6 Å². The van der Waals surface area contributed by atoms with Gasteiger partial charge in [0.25, 0.3) is 0 Å². The summed E-state index contributed by atoms with van der Waals surface area (Å²) >= 11 is 0.972. The van der Waals surface area contributed by atoms with Gasteiger partial charge >= 0.3 is 6.01 Å². The average molecular weight is 639 g/mol. The molecule has 45 heavy (non-hydrogen) atoms. The van der Waals surface area contributed by atoms with Crippen molar-refractivity contribution < 1.29 is 27.1 Å². The number of nitrogen functional groups attached to an aromatic ring is 1. The standard InChI is InChI=1S/C30H29F3N8O3S/c1-40-9-15(31)6-17(40)13-44-30-38-25-20(28(39-30)36-16-10-41(11-16)22(42)8-34)7-19(14-4-5-43-12-14)23(24(25)33)18-2-3-21(32)27-26(18)37-29(35)45-27/h2-5,7,12,15-17H,6,8-11,13,34H2,1H3,(H2,35,37)(H,36,38,39)/t15-,17+/m1/s1. The number of nitrogens with zero attached hydrogens (tertiary/aromatic N) is 5. The van der Waals surface area contributed by atoms with Gasteiger partial charge in [-0.15, -0.1) is 0 Å². The van der Waals surface area contributed by atoms with Crippen molar-refractivity contribution >= 4 is 49.3 Å². The third-order valence-corrected chi connectivity index (χ3v) is 9.21. The van der Waals surface area contributed by atoms with Gasteiger partial charge in [0.05, 0.1) is 35.3 Å². The number of hydrogen-bond acceptors (Lipinski definition) is 11. The molecular weight excluding hydrogens is 609 g/mol. The van der Waals surface area contributed by atoms with Crippen LogP contribution >= 0.6 is 11.3 Å². The van der Waals surface area contributed by atoms with Gasteiger partial charge in [-0.05, 0) is 43.3 Å². The summed E-state index contributed by atoms with van der Waals surface area (Å²) in [5, 5.41) is 3.80. The molecule has 2 aliphatic rings. The van der Waals surface area contributed by atoms with Gasteiger partial charge in [-0.2, -0.15) is 9.97 Å². The van der Waals surface area contributed by atoms with Gasteiger partial charge in [0, 0.05) is 47.8 Å². The lowest BCUT2D eigenvalue weighted by Gasteiger charge is -2.39. The van der Waals surface area contributed by atoms with Gasteiger partial charge in [-0.3, -0.25) is 9.69 Å². The molecule has 15 heteroatoms. The summed E-state index contributed by atoms with van der Waals surface area (Å²) in [6.07, 6.45) is 2.27. The number of benzene rings is 2. The molecule has 234 valence electrons. The number of furan rings is 1. The first-order valence-electron chi connectivity index (χ1n) is 14.3. The van der Waals surface area contributed by atoms with Crippen LogP contribution in [-0.2, 0) is 4.79 Å². The summed E-state index contributed by atoms with van der Waals surface area (Å²) in [4.78, 5) is 28.9. The number of alkyl halides is 1. The summed E-state index contributed by atoms with van der Waals surface area (Å²) in [5.41, 5.74) is 13.0. The zero-order valence-electron chi connectivity index (χ0n) is 24.1. The Morgan fingerprint density at radius 3 is 2.69 bits per heavy atom. The molecule has 0 spiro atoms. The van der Waals surface area contributed by atoms with E-state index in [1.807, 2.05) is 11.9 Å². The Kier molecular flexibility index (Phi) is 7.46. The molecule has 5 aromatic rings. The van der Waals surface area contributed by atoms with Crippen LogP contribution in [0.25, 0.3) is 43.4 Å². The molecule has 2 aliphatic heterocycles. The molecule has 7 rings (SSSR count). The second-order valence-electron chi connectivity index (χ2n) is 11.3. The number of ether oxygens (including phenoxy) is 1. The molecule has 1 amide bonds. The molecule has 5 heterocycles. The third-order valence-electron chi connectivity index (χ3n) is 8.32. The highest BCUT2D eigenvalue weighted by Crippen LogP contribution is 2.44. The van der Waals surface area contributed by atoms with Crippen molar-refractivity contribution in [1.82, 2.24) is 24.8 Å². The normalized spacial score (nSPS) is 19.0. The van der Waals surface area contributed by atoms with E-state index in [9.17, 15) is 13.6 Å². The number of nitrogens with one attached hydrogen (secondary N) is 1. The summed E-state index contributed by atoms with van der Waals surface area (Å²) < 4.78 is 57.3. The van der Waals surface area contributed by atoms with Crippen LogP contribution in [0.1, 0.15) is 6.42 Å². The maximum absolute atomic E-state index is 17.0. The summed E-state index contributed by atoms with van der Waals surface area (Å²) in [6, 6.07) is 5.64. The van der Waals surface area contributed by atoms with Crippen LogP contribution in [-0.4, -0.2) is 88.7 Å². The number of carbonyl (C=O) groups is 1. The minimum absolute atomic E-state index is 0.0530. The second kappa shape index (κ2) is 11.5. The minimum atomic E-state index is -0.968. The maximum atomic E-state index is 17.0. The Hall–Kier alpha value is -4.47. The number of nitrogens with two attached hydrogens (primary N) is 2. The monoisotopic (exact) mass is 638 g/mol. The van der Waals surface area contributed by atoms with E-state index >= 15 is 4.39 Å². The Morgan fingerprint density at radius 1 is 1.16 bits per heavy atom. The van der Waals surface area contributed by atoms with Crippen molar-refractivity contribution in [1.29, 1.82) is 0 Å². The van der Waals surface area contributed by atoms with Crippen molar-refractivity contribution in [2.75, 3.05) is 50.9 Å². The molecule has 2 saturated heterocycles. The van der Waals surface area contributed by atoms with Crippen LogP contribution in [0, 0.1) is 11.6 Å². The van der Waals surface area contributed by atoms with Crippen molar-refractivity contribution in [2.24, 2.45) is 5.73 Å². The predicted octanol–water partition coefficient (Wildman–Crippen LogP) is 4.03. The lowest BCUT2D eigenvalue weighted by atomic mass is 9.92. The average Bonchev–Trinajstić information content (AvgIpc) is 3.74. The molecule has 3 aromatic heterocycles. The maximum Gasteiger partial charge on any atom is 0.319 e. The van der Waals surface area contributed by atoms with Gasteiger partial charge < -0.3 is 30.8 Å². The fraction of sp³-hybridized carbons (Fsp3) is 0.333. The molecule has 0 aliphatic carbocycles. The smallest absolute Gasteiger partial charge is 0.319 e. The molecule has 2 fully saturated rings. The van der Waals surface area contributed by atoms with Crippen molar-refractivity contribution in [3.63, 3.8) is 0 Å². The number of carbonyl (C=O) groups excluding carboxylic acids is 1. The highest BCUT2D eigenvalue weighted by Gasteiger charge is 2.33. The highest BCUT2D eigenvalue weighted by atomic mass is 32.1. The van der Waals surface area contributed by atoms with Crippen LogP contribution in [0.4, 0.5) is 24.1 Å². The van der Waals surface area contributed by atoms with Gasteiger partial charge in [0.15, 0.2) is 10.9 Å². The quantitative estimate of drug-likeness (QED) is 0.228. The van der Waals surface area contributed by atoms with Crippen molar-refractivity contribution in [3.05, 3.63) is 48.4 Å². The third kappa shape index (κ3) is 5.30. The number of rotatable bonds is 8. The fourth-order valence-electron chi connectivity index (χ4n) is 5.96. The first-order chi connectivity index (χ1) is 21.7. The minimum Gasteiger partial charge on any atom is -0.472 e. The SMILES string of the molecule is CN1C[C@H](F)C[C@H]1COc1nc(NC2CN(C(=O)CN)C2)c2cc(-c3ccoc3)c(-c3ccc(F)c4sc(N)nc34)c(F)c2n1. The lowest BCUT2D eigenvalue weighted by Crippen LogP contribution is -2.58. The molecule has 5 N–H and O–H groups in total. The van der Waals surface area contributed by atoms with Crippen LogP contribution < -0.4 is 21.5 Å². The first kappa shape index (κ1) is 29.3. The van der Waals surface area contributed by atoms with Crippen LogP contribution in [0.15, 0.2) is 41.2 Å². The van der Waals surface area contributed by atoms with E-state index < -0.39 is 17.8 Å². The molecule has 0 saturated carbocycles. The Morgan fingerprint density at radius 2 is 1.98 bits per heavy atom. The Labute approximate surface area is 259 Å². The summed E-state index contributed by atoms with van der Waals surface area (Å²) in [6.45, 7) is 1.07. The number of anilines is 2. The number of amides is 1. The van der Waals surface area contributed by atoms with E-state index in [0.717, 1.165) is 11.3 Å². The predicted molar refractivity (Wildman–Crippen MR) is 165 cm³/mol. The molecule has 2 aromatic carbocycles. The number of likely N-dealkylation sites (tertiary alicyclic amines) is 2. The van der Waals surface area contributed by atoms with Gasteiger partial charge in [0.1, 0.15) is 29.9 Å². The van der Waals surface area contributed by atoms with Gasteiger partial charge in [-0.25, -0.2) is 18.2 Å². The van der Waals surface area contributed by atoms with Crippen molar-refractivity contribution in [2.45, 2.75) is 24.7 Å². The largest absolute Gasteiger partial charge is 0.472 e. The van der Waals surface area contributed by atoms with E-state index in [1.165, 1.54) is 24.7 Å². The molecular formula is C30H29F3N8O3S. The molecule has 0 unspecified atom stereocenters. The van der Waals surface area contributed by atoms with Gasteiger partial charge in [0.2, 0.25) is 5.91 Å². The number of thiazole rings is 1. The molecule has 0 bridgehead atoms. The Balaban J connectivity index is 1.38. The molecule has 11 nitrogen and oxygen atoms in total. The lowest BCUT2D eigenvalue weighted by molar-refractivity contribution is -0.133. The molecule has 2 atom stereocenters. The topological polar surface area (TPSA) is 149 Å². The van der Waals surface area contributed by atoms with E-state index in [-0.39, 0.29) is 63.6 Å². The zero-order valence-corrected chi connectivity index (χ0v) is 24.9. The zero-order chi connectivity index (χ0) is 31.4. The summed E-state index contributed by atoms with van der Waals surface area (Å²) in [7, 11) is 1.81. The number of halogens is 3. The fourth-order valence-corrected chi connectivity index (χ4v) is 6.72. The van der Waals surface area contributed by atoms with Crippen LogP contribution in [0.2, 0.25) is 0 Å². The Bertz CT molecular complexity index is 1910. The van der Waals surface area contributed by atoms with Crippen molar-refractivity contribution in [3.8, 4) is 28.3 Å². The van der Waals surface area contributed by atoms with Crippen LogP contribution in [0.5, 0.6) is 6.01 Å². The number of likely N-dealkylation sites (N-methyl/N-ethyl adjacent to an activating group) is 1. The van der Waals surface area contributed by atoms with E-state index in [1.54, 1.807) is 17.0 Å². The molecule has 0 radical (unpaired) electrons. The number of aromatic nitrogens is 3. The van der Waals surface area contributed by atoms with E-state index in [0.29, 0.717) is 53.9 Å².